The van der Waals surface area contributed by atoms with Gasteiger partial charge in [0.1, 0.15) is 5.54 Å². The molecule has 2 aliphatic heterocycles. The second-order valence-electron chi connectivity index (χ2n) is 10.1. The van der Waals surface area contributed by atoms with E-state index in [1.54, 1.807) is 11.1 Å². The fourth-order valence-electron chi connectivity index (χ4n) is 7.03. The van der Waals surface area contributed by atoms with Gasteiger partial charge in [0.15, 0.2) is 0 Å². The van der Waals surface area contributed by atoms with Crippen molar-refractivity contribution >= 4 is 11.6 Å². The molecule has 4 nitrogen and oxygen atoms in total. The molecule has 0 bridgehead atoms. The van der Waals surface area contributed by atoms with Crippen LogP contribution in [0.15, 0.2) is 54.6 Å². The first-order valence-electron chi connectivity index (χ1n) is 12.2. The highest BCUT2D eigenvalue weighted by Gasteiger charge is 2.51. The molecule has 1 amide bonds. The number of likely N-dealkylation sites (tertiary alicyclic amines) is 1. The number of para-hydroxylation sites is 1. The van der Waals surface area contributed by atoms with Gasteiger partial charge < -0.3 is 15.1 Å². The number of rotatable bonds is 2. The van der Waals surface area contributed by atoms with Gasteiger partial charge >= 0.3 is 0 Å². The van der Waals surface area contributed by atoms with Gasteiger partial charge in [0.25, 0.3) is 0 Å². The topological polar surface area (TPSA) is 35.6 Å². The average molecular weight is 416 g/mol. The van der Waals surface area contributed by atoms with E-state index in [9.17, 15) is 4.79 Å². The zero-order chi connectivity index (χ0) is 20.8. The number of carbonyl (C=O) groups is 1. The van der Waals surface area contributed by atoms with Gasteiger partial charge in [-0.3, -0.25) is 4.79 Å². The Morgan fingerprint density at radius 2 is 1.68 bits per heavy atom. The molecule has 1 unspecified atom stereocenters. The number of hydrogen-bond donors (Lipinski definition) is 1. The maximum atomic E-state index is 13.0. The number of benzene rings is 2. The van der Waals surface area contributed by atoms with E-state index in [4.69, 9.17) is 0 Å². The van der Waals surface area contributed by atoms with Crippen LogP contribution in [0.4, 0.5) is 5.69 Å². The molecule has 1 spiro atoms. The van der Waals surface area contributed by atoms with Crippen LogP contribution in [0, 0.1) is 5.92 Å². The van der Waals surface area contributed by atoms with Gasteiger partial charge in [0.2, 0.25) is 5.91 Å². The molecular weight excluding hydrogens is 382 g/mol. The number of fused-ring (bicyclic) bond motifs is 3. The predicted octanol–water partition coefficient (Wildman–Crippen LogP) is 4.31. The fourth-order valence-corrected chi connectivity index (χ4v) is 7.03. The molecule has 6 rings (SSSR count). The highest BCUT2D eigenvalue weighted by Crippen LogP contribution is 2.47. The van der Waals surface area contributed by atoms with Gasteiger partial charge in [-0.15, -0.1) is 0 Å². The van der Waals surface area contributed by atoms with Crippen LogP contribution >= 0.6 is 0 Å². The number of hydrogen-bond acceptors (Lipinski definition) is 3. The third-order valence-corrected chi connectivity index (χ3v) is 8.75. The average Bonchev–Trinajstić information content (AvgIpc) is 3.15. The summed E-state index contributed by atoms with van der Waals surface area (Å²) in [5.74, 6) is 1.83. The van der Waals surface area contributed by atoms with Crippen molar-refractivity contribution in [1.29, 1.82) is 0 Å². The summed E-state index contributed by atoms with van der Waals surface area (Å²) in [6.07, 6.45) is 8.46. The van der Waals surface area contributed by atoms with Crippen LogP contribution in [-0.4, -0.2) is 42.1 Å². The molecule has 2 aromatic rings. The molecule has 1 saturated carbocycles. The standard InChI is InChI=1S/C27H33N3O/c31-26-27(30(19-28-26)22-7-2-1-3-8-22)14-16-29(17-15-27)23-13-12-21-11-10-20-6-4-5-9-24(20)25(21)18-23/h1-9,21,23,25H,10-19H2,(H,28,31)/t21-,23?,25+/m0/s1. The minimum Gasteiger partial charge on any atom is -0.339 e. The van der Waals surface area contributed by atoms with Crippen LogP contribution in [0.3, 0.4) is 0 Å². The summed E-state index contributed by atoms with van der Waals surface area (Å²) >= 11 is 0. The smallest absolute Gasteiger partial charge is 0.247 e. The van der Waals surface area contributed by atoms with Crippen molar-refractivity contribution < 1.29 is 4.79 Å². The zero-order valence-electron chi connectivity index (χ0n) is 18.3. The lowest BCUT2D eigenvalue weighted by Crippen LogP contribution is -2.58. The molecule has 2 aliphatic carbocycles. The summed E-state index contributed by atoms with van der Waals surface area (Å²) in [5, 5.41) is 3.14. The number of anilines is 1. The van der Waals surface area contributed by atoms with E-state index in [1.165, 1.54) is 32.1 Å². The maximum Gasteiger partial charge on any atom is 0.247 e. The van der Waals surface area contributed by atoms with Crippen LogP contribution in [0.5, 0.6) is 0 Å². The lowest BCUT2D eigenvalue weighted by molar-refractivity contribution is -0.125. The molecule has 2 saturated heterocycles. The normalized spacial score (nSPS) is 30.0. The van der Waals surface area contributed by atoms with E-state index >= 15 is 0 Å². The number of amides is 1. The Morgan fingerprint density at radius 3 is 2.52 bits per heavy atom. The molecule has 3 atom stereocenters. The first kappa shape index (κ1) is 19.4. The molecular formula is C27H33N3O. The monoisotopic (exact) mass is 415 g/mol. The van der Waals surface area contributed by atoms with E-state index in [2.05, 4.69) is 63.6 Å². The van der Waals surface area contributed by atoms with Crippen LogP contribution in [0.1, 0.15) is 55.6 Å². The molecule has 4 heteroatoms. The molecule has 2 heterocycles. The minimum atomic E-state index is -0.369. The van der Waals surface area contributed by atoms with Gasteiger partial charge in [0.05, 0.1) is 6.67 Å². The summed E-state index contributed by atoms with van der Waals surface area (Å²) in [6, 6.07) is 20.3. The second-order valence-corrected chi connectivity index (χ2v) is 10.1. The Morgan fingerprint density at radius 1 is 0.903 bits per heavy atom. The van der Waals surface area contributed by atoms with Crippen molar-refractivity contribution in [3.8, 4) is 0 Å². The van der Waals surface area contributed by atoms with E-state index in [-0.39, 0.29) is 11.4 Å². The molecule has 31 heavy (non-hydrogen) atoms. The second kappa shape index (κ2) is 7.67. The predicted molar refractivity (Wildman–Crippen MR) is 124 cm³/mol. The van der Waals surface area contributed by atoms with Gasteiger partial charge in [-0.1, -0.05) is 42.5 Å². The van der Waals surface area contributed by atoms with Crippen LogP contribution in [0.2, 0.25) is 0 Å². The number of carbonyl (C=O) groups excluding carboxylic acids is 1. The summed E-state index contributed by atoms with van der Waals surface area (Å²) < 4.78 is 0. The lowest BCUT2D eigenvalue weighted by atomic mass is 9.66. The van der Waals surface area contributed by atoms with Crippen LogP contribution < -0.4 is 10.2 Å². The van der Waals surface area contributed by atoms with Crippen LogP contribution in [-0.2, 0) is 11.2 Å². The van der Waals surface area contributed by atoms with Crippen molar-refractivity contribution in [3.05, 3.63) is 65.7 Å². The van der Waals surface area contributed by atoms with E-state index in [0.717, 1.165) is 43.5 Å². The Balaban J connectivity index is 1.18. The largest absolute Gasteiger partial charge is 0.339 e. The van der Waals surface area contributed by atoms with Crippen molar-refractivity contribution in [2.45, 2.75) is 62.4 Å². The van der Waals surface area contributed by atoms with Gasteiger partial charge in [-0.05, 0) is 80.0 Å². The van der Waals surface area contributed by atoms with Gasteiger partial charge in [-0.2, -0.15) is 0 Å². The molecule has 162 valence electrons. The van der Waals surface area contributed by atoms with Crippen LogP contribution in [0.25, 0.3) is 0 Å². The number of nitrogens with one attached hydrogen (secondary N) is 1. The Hall–Kier alpha value is -2.33. The number of nitrogens with zero attached hydrogens (tertiary/aromatic N) is 2. The minimum absolute atomic E-state index is 0.223. The molecule has 0 aromatic heterocycles. The van der Waals surface area contributed by atoms with Gasteiger partial charge in [0, 0.05) is 24.8 Å². The van der Waals surface area contributed by atoms with Crippen molar-refractivity contribution in [1.82, 2.24) is 10.2 Å². The molecule has 4 aliphatic rings. The lowest BCUT2D eigenvalue weighted by Gasteiger charge is -2.49. The highest BCUT2D eigenvalue weighted by molar-refractivity contribution is 5.93. The van der Waals surface area contributed by atoms with Crippen molar-refractivity contribution in [2.75, 3.05) is 24.7 Å². The zero-order valence-corrected chi connectivity index (χ0v) is 18.3. The Kier molecular flexibility index (Phi) is 4.79. The quantitative estimate of drug-likeness (QED) is 0.794. The number of piperidine rings is 1. The first-order chi connectivity index (χ1) is 15.2. The van der Waals surface area contributed by atoms with Crippen molar-refractivity contribution in [3.63, 3.8) is 0 Å². The maximum absolute atomic E-state index is 13.0. The summed E-state index contributed by atoms with van der Waals surface area (Å²) in [4.78, 5) is 18.0. The van der Waals surface area contributed by atoms with E-state index in [1.807, 2.05) is 6.07 Å². The molecule has 3 fully saturated rings. The Labute approximate surface area is 185 Å². The highest BCUT2D eigenvalue weighted by atomic mass is 16.2. The van der Waals surface area contributed by atoms with E-state index in [0.29, 0.717) is 12.7 Å². The van der Waals surface area contributed by atoms with E-state index < -0.39 is 0 Å². The third kappa shape index (κ3) is 3.18. The fraction of sp³-hybridized carbons (Fsp3) is 0.519. The Bertz CT molecular complexity index is 950. The summed E-state index contributed by atoms with van der Waals surface area (Å²) in [7, 11) is 0. The summed E-state index contributed by atoms with van der Waals surface area (Å²) in [5.41, 5.74) is 4.01. The molecule has 0 radical (unpaired) electrons. The molecule has 2 aromatic carbocycles. The first-order valence-corrected chi connectivity index (χ1v) is 12.2. The number of aryl methyl sites for hydroxylation is 1. The van der Waals surface area contributed by atoms with Crippen molar-refractivity contribution in [2.24, 2.45) is 5.92 Å². The third-order valence-electron chi connectivity index (χ3n) is 8.75. The molecule has 1 N–H and O–H groups in total. The SMILES string of the molecule is O=C1NCN(c2ccccc2)C12CCN(C1CC[C@@H]3CCc4ccccc4[C@@H]3C1)CC2. The summed E-state index contributed by atoms with van der Waals surface area (Å²) in [6.45, 7) is 2.69. The van der Waals surface area contributed by atoms with Gasteiger partial charge in [-0.25, -0.2) is 0 Å².